The first-order chi connectivity index (χ1) is 33.6. The van der Waals surface area contributed by atoms with Gasteiger partial charge in [-0.2, -0.15) is 0 Å². The largest absolute Gasteiger partial charge is 0.508 e. The number of aliphatic hydroxyl groups is 1. The predicted molar refractivity (Wildman–Crippen MR) is 277 cm³/mol. The highest BCUT2D eigenvalue weighted by molar-refractivity contribution is 7.22. The number of aliphatic hydroxyl groups excluding tert-OH is 1. The lowest BCUT2D eigenvalue weighted by molar-refractivity contribution is -0.144. The Balaban J connectivity index is 0.805. The summed E-state index contributed by atoms with van der Waals surface area (Å²) in [5.74, 6) is -0.107. The number of carbonyl (C=O) groups excluding carboxylic acids is 4. The second-order valence-electron chi connectivity index (χ2n) is 19.1. The number of unbranched alkanes of at least 4 members (excludes halogenated alkanes) is 4. The van der Waals surface area contributed by atoms with E-state index in [1.165, 1.54) is 16.2 Å². The van der Waals surface area contributed by atoms with Gasteiger partial charge >= 0.3 is 0 Å². The fourth-order valence-electron chi connectivity index (χ4n) is 8.86. The molecule has 1 aliphatic heterocycles. The minimum Gasteiger partial charge on any atom is -0.508 e. The zero-order valence-corrected chi connectivity index (χ0v) is 42.3. The highest BCUT2D eigenvalue weighted by atomic mass is 32.1. The summed E-state index contributed by atoms with van der Waals surface area (Å²) in [5.41, 5.74) is 6.02. The fraction of sp³-hybridized carbons (Fsp3) is 0.400. The smallest absolute Gasteiger partial charge is 0.246 e. The van der Waals surface area contributed by atoms with Gasteiger partial charge in [0, 0.05) is 58.6 Å². The van der Waals surface area contributed by atoms with Gasteiger partial charge in [-0.1, -0.05) is 71.2 Å². The topological polar surface area (TPSA) is 182 Å². The number of rotatable bonds is 22. The number of carbonyl (C=O) groups is 4. The molecule has 1 unspecified atom stereocenters. The van der Waals surface area contributed by atoms with Gasteiger partial charge in [-0.3, -0.25) is 19.2 Å². The van der Waals surface area contributed by atoms with E-state index < -0.39 is 23.6 Å². The summed E-state index contributed by atoms with van der Waals surface area (Å²) in [6.45, 7) is 13.1. The molecule has 0 bridgehead atoms. The number of likely N-dealkylation sites (tertiary alicyclic amines) is 1. The van der Waals surface area contributed by atoms with Crippen molar-refractivity contribution >= 4 is 56.3 Å². The number of aromatic nitrogens is 1. The van der Waals surface area contributed by atoms with E-state index in [4.69, 9.17) is 4.74 Å². The Morgan fingerprint density at radius 3 is 2.21 bits per heavy atom. The van der Waals surface area contributed by atoms with Gasteiger partial charge in [0.2, 0.25) is 17.7 Å². The third kappa shape index (κ3) is 13.2. The third-order valence-corrected chi connectivity index (χ3v) is 15.0. The summed E-state index contributed by atoms with van der Waals surface area (Å²) in [6, 6.07) is 25.2. The van der Waals surface area contributed by atoms with Crippen molar-refractivity contribution in [3.05, 3.63) is 119 Å². The Kier molecular flexibility index (Phi) is 17.5. The molecule has 13 nitrogen and oxygen atoms in total. The maximum atomic E-state index is 14.1. The number of thiophene rings is 1. The molecule has 3 heterocycles. The number of ether oxygens (including phenoxy) is 1. The van der Waals surface area contributed by atoms with Gasteiger partial charge in [-0.25, -0.2) is 4.98 Å². The molecule has 370 valence electrons. The van der Waals surface area contributed by atoms with E-state index >= 15 is 0 Å². The molecule has 7 rings (SSSR count). The van der Waals surface area contributed by atoms with Gasteiger partial charge in [-0.15, -0.1) is 22.7 Å². The minimum absolute atomic E-state index is 0.0247. The highest BCUT2D eigenvalue weighted by Gasteiger charge is 2.44. The molecule has 0 radical (unpaired) electrons. The van der Waals surface area contributed by atoms with E-state index in [1.54, 1.807) is 65.9 Å². The Hall–Kier alpha value is -6.13. The van der Waals surface area contributed by atoms with Gasteiger partial charge < -0.3 is 40.5 Å². The van der Waals surface area contributed by atoms with Crippen LogP contribution in [0.5, 0.6) is 17.2 Å². The zero-order valence-electron chi connectivity index (χ0n) is 40.7. The van der Waals surface area contributed by atoms with Gasteiger partial charge in [0.25, 0.3) is 0 Å². The van der Waals surface area contributed by atoms with Crippen LogP contribution in [-0.2, 0) is 20.9 Å². The molecular weight excluding hydrogens is 923 g/mol. The lowest BCUT2D eigenvalue weighted by Gasteiger charge is -2.35. The second-order valence-corrected chi connectivity index (χ2v) is 21.0. The van der Waals surface area contributed by atoms with Crippen LogP contribution in [0.15, 0.2) is 96.5 Å². The van der Waals surface area contributed by atoms with Gasteiger partial charge in [-0.05, 0) is 122 Å². The SMILES string of the molecule is CCN(CCCCCCCC(=O)NC(C(=O)N1C[C@H](O)C[C@H]1C(=O)NCc1ccc(-c2scnc2C)cc1)C(C)(C)C)CCOc1ccc(C(=O)c2c(-c3ccc(O)cc3)sc3cc(O)ccc23)cc1. The number of β-amino-alcohol motifs (C(OH)–C–C–N with tert-alkyl or cyclic N) is 1. The van der Waals surface area contributed by atoms with Gasteiger partial charge in [0.15, 0.2) is 5.78 Å². The number of amides is 3. The molecule has 2 aromatic heterocycles. The van der Waals surface area contributed by atoms with E-state index in [0.717, 1.165) is 87.5 Å². The molecule has 6 aromatic rings. The summed E-state index contributed by atoms with van der Waals surface area (Å²) >= 11 is 3.01. The average Bonchev–Trinajstić information content (AvgIpc) is 4.07. The first-order valence-corrected chi connectivity index (χ1v) is 25.9. The maximum absolute atomic E-state index is 14.1. The standard InChI is InChI=1S/C55H65N5O8S2/c1-6-59(28-29-68-43-24-19-37(20-25-43)49(65)48-44-26-23-41(62)31-46(44)70-51(48)39-17-21-40(61)22-18-39)27-11-9-7-8-10-12-47(64)58-52(55(3,4)5)54(67)60-33-42(63)30-45(60)53(66)56-32-36-13-15-38(16-14-36)50-35(2)57-34-69-50/h13-26,31,34,42,45,52,61-63H,6-12,27-30,32-33H2,1-5H3,(H,56,66)(H,58,64)/t42-,45+,52?/m1/s1. The first kappa shape index (κ1) is 51.7. The second kappa shape index (κ2) is 23.7. The number of phenolic OH excluding ortho intramolecular Hbond substituents is 2. The van der Waals surface area contributed by atoms with Crippen LogP contribution in [0.1, 0.15) is 99.8 Å². The molecule has 1 saturated heterocycles. The number of aryl methyl sites for hydroxylation is 1. The number of hydrogen-bond donors (Lipinski definition) is 5. The Labute approximate surface area is 418 Å². The van der Waals surface area contributed by atoms with Crippen molar-refractivity contribution in [3.63, 3.8) is 0 Å². The maximum Gasteiger partial charge on any atom is 0.246 e. The van der Waals surface area contributed by atoms with Gasteiger partial charge in [0.05, 0.1) is 22.2 Å². The summed E-state index contributed by atoms with van der Waals surface area (Å²) in [6.07, 6.45) is 4.16. The summed E-state index contributed by atoms with van der Waals surface area (Å²) in [5, 5.41) is 37.3. The highest BCUT2D eigenvalue weighted by Crippen LogP contribution is 2.42. The van der Waals surface area contributed by atoms with E-state index in [9.17, 15) is 34.5 Å². The van der Waals surface area contributed by atoms with Crippen molar-refractivity contribution in [2.24, 2.45) is 5.41 Å². The zero-order chi connectivity index (χ0) is 50.0. The van der Waals surface area contributed by atoms with Crippen LogP contribution in [0.4, 0.5) is 0 Å². The number of fused-ring (bicyclic) bond motifs is 1. The van der Waals surface area contributed by atoms with E-state index in [-0.39, 0.29) is 54.5 Å². The lowest BCUT2D eigenvalue weighted by Crippen LogP contribution is -2.57. The van der Waals surface area contributed by atoms with Crippen molar-refractivity contribution in [3.8, 4) is 38.1 Å². The van der Waals surface area contributed by atoms with Crippen molar-refractivity contribution in [2.45, 2.75) is 104 Å². The van der Waals surface area contributed by atoms with Crippen LogP contribution in [0.2, 0.25) is 0 Å². The van der Waals surface area contributed by atoms with E-state index in [2.05, 4.69) is 27.4 Å². The van der Waals surface area contributed by atoms with Crippen molar-refractivity contribution < 1.29 is 39.2 Å². The number of nitrogens with zero attached hydrogens (tertiary/aromatic N) is 3. The molecule has 0 saturated carbocycles. The number of phenols is 2. The van der Waals surface area contributed by atoms with Crippen molar-refractivity contribution in [2.75, 3.05) is 32.8 Å². The number of hydrogen-bond acceptors (Lipinski definition) is 12. The van der Waals surface area contributed by atoms with Gasteiger partial charge in [0.1, 0.15) is 35.9 Å². The average molecular weight is 988 g/mol. The van der Waals surface area contributed by atoms with Crippen LogP contribution in [-0.4, -0.2) is 105 Å². The first-order valence-electron chi connectivity index (χ1n) is 24.2. The van der Waals surface area contributed by atoms with Crippen molar-refractivity contribution in [1.29, 1.82) is 0 Å². The quantitative estimate of drug-likeness (QED) is 0.0325. The van der Waals surface area contributed by atoms with Crippen LogP contribution >= 0.6 is 22.7 Å². The van der Waals surface area contributed by atoms with E-state index in [1.807, 2.05) is 69.6 Å². The van der Waals surface area contributed by atoms with Crippen LogP contribution in [0.3, 0.4) is 0 Å². The Bertz CT molecular complexity index is 2730. The molecule has 5 N–H and O–H groups in total. The fourth-order valence-corrected chi connectivity index (χ4v) is 10.9. The normalized spacial score (nSPS) is 15.3. The molecule has 0 spiro atoms. The summed E-state index contributed by atoms with van der Waals surface area (Å²) in [7, 11) is 0. The number of nitrogens with one attached hydrogen (secondary N) is 2. The lowest BCUT2D eigenvalue weighted by atomic mass is 9.85. The number of likely N-dealkylation sites (N-methyl/N-ethyl adjacent to an activating group) is 1. The van der Waals surface area contributed by atoms with E-state index in [0.29, 0.717) is 36.3 Å². The molecule has 1 fully saturated rings. The molecule has 70 heavy (non-hydrogen) atoms. The number of ketones is 1. The number of thiazole rings is 1. The molecule has 3 atom stereocenters. The molecule has 3 amide bonds. The minimum atomic E-state index is -0.863. The third-order valence-electron chi connectivity index (χ3n) is 12.9. The number of benzene rings is 4. The molecule has 1 aliphatic rings. The summed E-state index contributed by atoms with van der Waals surface area (Å²) in [4.78, 5) is 64.7. The molecule has 15 heteroatoms. The van der Waals surface area contributed by atoms with Crippen LogP contribution < -0.4 is 15.4 Å². The molecule has 0 aliphatic carbocycles. The predicted octanol–water partition coefficient (Wildman–Crippen LogP) is 9.49. The Morgan fingerprint density at radius 2 is 1.53 bits per heavy atom. The molecule has 4 aromatic carbocycles. The van der Waals surface area contributed by atoms with Crippen LogP contribution in [0.25, 0.3) is 31.0 Å². The Morgan fingerprint density at radius 1 is 0.857 bits per heavy atom. The van der Waals surface area contributed by atoms with Crippen LogP contribution in [0, 0.1) is 12.3 Å². The molecular formula is C55H65N5O8S2. The monoisotopic (exact) mass is 987 g/mol. The summed E-state index contributed by atoms with van der Waals surface area (Å²) < 4.78 is 6.89. The van der Waals surface area contributed by atoms with Crippen molar-refractivity contribution in [1.82, 2.24) is 25.4 Å². The number of aromatic hydroxyl groups is 2.